The normalized spacial score (nSPS) is 11.5. The standard InChI is InChI=1S/C30H45Cl2N3O2/c1-5-18-34(19-6-2)22-16-24(17-23-35(20-7-3)21-8-4)30(36)37-28-15-10-9-14-27(28)33-29-25(31)12-11-13-26(29)32/h9-15,24,33H,5-8,16-23H2,1-4H3. The van der Waals surface area contributed by atoms with E-state index in [2.05, 4.69) is 42.8 Å². The Kier molecular flexibility index (Phi) is 15.0. The van der Waals surface area contributed by atoms with Gasteiger partial charge in [-0.2, -0.15) is 0 Å². The number of rotatable bonds is 18. The van der Waals surface area contributed by atoms with Crippen molar-refractivity contribution in [2.75, 3.05) is 44.6 Å². The van der Waals surface area contributed by atoms with Gasteiger partial charge in [0.2, 0.25) is 0 Å². The fraction of sp³-hybridized carbons (Fsp3) is 0.567. The highest BCUT2D eigenvalue weighted by Gasteiger charge is 2.24. The Bertz CT molecular complexity index is 889. The number of nitrogens with one attached hydrogen (secondary N) is 1. The van der Waals surface area contributed by atoms with Crippen molar-refractivity contribution in [1.29, 1.82) is 0 Å². The Morgan fingerprint density at radius 3 is 1.73 bits per heavy atom. The summed E-state index contributed by atoms with van der Waals surface area (Å²) in [5.41, 5.74) is 1.25. The molecule has 0 saturated carbocycles. The molecule has 1 N–H and O–H groups in total. The third-order valence-electron chi connectivity index (χ3n) is 6.40. The highest BCUT2D eigenvalue weighted by molar-refractivity contribution is 6.39. The first-order valence-corrected chi connectivity index (χ1v) is 14.6. The fourth-order valence-electron chi connectivity index (χ4n) is 4.60. The van der Waals surface area contributed by atoms with Gasteiger partial charge in [-0.05, 0) is 102 Å². The summed E-state index contributed by atoms with van der Waals surface area (Å²) in [5.74, 6) is 0.121. The maximum Gasteiger partial charge on any atom is 0.314 e. The number of hydrogen-bond donors (Lipinski definition) is 1. The van der Waals surface area contributed by atoms with E-state index >= 15 is 0 Å². The van der Waals surface area contributed by atoms with E-state index in [9.17, 15) is 4.79 Å². The maximum absolute atomic E-state index is 13.6. The van der Waals surface area contributed by atoms with E-state index in [0.29, 0.717) is 27.2 Å². The van der Waals surface area contributed by atoms with Gasteiger partial charge >= 0.3 is 5.97 Å². The molecule has 0 aliphatic carbocycles. The van der Waals surface area contributed by atoms with E-state index in [-0.39, 0.29) is 11.9 Å². The van der Waals surface area contributed by atoms with Crippen LogP contribution in [0.15, 0.2) is 42.5 Å². The highest BCUT2D eigenvalue weighted by atomic mass is 35.5. The average molecular weight is 551 g/mol. The van der Waals surface area contributed by atoms with Gasteiger partial charge in [-0.1, -0.05) is 69.1 Å². The second-order valence-corrected chi connectivity index (χ2v) is 10.4. The van der Waals surface area contributed by atoms with Crippen molar-refractivity contribution in [3.8, 4) is 5.75 Å². The minimum Gasteiger partial charge on any atom is -0.424 e. The number of carbonyl (C=O) groups excluding carboxylic acids is 1. The van der Waals surface area contributed by atoms with Crippen LogP contribution in [0.1, 0.15) is 66.2 Å². The Hall–Kier alpha value is -1.79. The van der Waals surface area contributed by atoms with E-state index in [1.54, 1.807) is 18.2 Å². The first kappa shape index (κ1) is 31.4. The number of para-hydroxylation sites is 3. The van der Waals surface area contributed by atoms with Gasteiger partial charge in [0, 0.05) is 0 Å². The molecule has 0 spiro atoms. The monoisotopic (exact) mass is 549 g/mol. The number of esters is 1. The quantitative estimate of drug-likeness (QED) is 0.149. The van der Waals surface area contributed by atoms with Crippen LogP contribution >= 0.6 is 23.2 Å². The summed E-state index contributed by atoms with van der Waals surface area (Å²) in [6, 6.07) is 12.8. The largest absolute Gasteiger partial charge is 0.424 e. The predicted molar refractivity (Wildman–Crippen MR) is 159 cm³/mol. The van der Waals surface area contributed by atoms with Crippen LogP contribution in [0.2, 0.25) is 10.0 Å². The molecule has 5 nitrogen and oxygen atoms in total. The molecule has 0 saturated heterocycles. The highest BCUT2D eigenvalue weighted by Crippen LogP contribution is 2.36. The van der Waals surface area contributed by atoms with Gasteiger partial charge in [-0.25, -0.2) is 0 Å². The first-order chi connectivity index (χ1) is 17.9. The number of halogens is 2. The molecule has 7 heteroatoms. The molecule has 2 aromatic carbocycles. The summed E-state index contributed by atoms with van der Waals surface area (Å²) >= 11 is 12.7. The smallest absolute Gasteiger partial charge is 0.314 e. The SMILES string of the molecule is CCCN(CCC)CCC(CCN(CCC)CCC)C(=O)Oc1ccccc1Nc1c(Cl)cccc1Cl. The van der Waals surface area contributed by atoms with Crippen LogP contribution in [0.4, 0.5) is 11.4 Å². The lowest BCUT2D eigenvalue weighted by atomic mass is 10.00. The molecule has 0 fully saturated rings. The molecule has 37 heavy (non-hydrogen) atoms. The molecule has 0 aliphatic heterocycles. The molecule has 2 aromatic rings. The maximum atomic E-state index is 13.6. The van der Waals surface area contributed by atoms with Crippen molar-refractivity contribution in [3.05, 3.63) is 52.5 Å². The molecule has 0 aromatic heterocycles. The van der Waals surface area contributed by atoms with Crippen LogP contribution in [0.5, 0.6) is 5.75 Å². The van der Waals surface area contributed by atoms with Gasteiger partial charge in [0.15, 0.2) is 5.75 Å². The lowest BCUT2D eigenvalue weighted by Gasteiger charge is -2.26. The Morgan fingerprint density at radius 2 is 1.24 bits per heavy atom. The first-order valence-electron chi connectivity index (χ1n) is 13.9. The van der Waals surface area contributed by atoms with Crippen LogP contribution in [0.3, 0.4) is 0 Å². The molecular formula is C30H45Cl2N3O2. The lowest BCUT2D eigenvalue weighted by Crippen LogP contribution is -2.34. The fourth-order valence-corrected chi connectivity index (χ4v) is 5.09. The van der Waals surface area contributed by atoms with E-state index in [4.69, 9.17) is 27.9 Å². The predicted octanol–water partition coefficient (Wildman–Crippen LogP) is 8.28. The third kappa shape index (κ3) is 10.8. The van der Waals surface area contributed by atoms with Gasteiger partial charge in [-0.15, -0.1) is 0 Å². The lowest BCUT2D eigenvalue weighted by molar-refractivity contribution is -0.139. The van der Waals surface area contributed by atoms with Gasteiger partial charge in [0.25, 0.3) is 0 Å². The van der Waals surface area contributed by atoms with Crippen molar-refractivity contribution in [1.82, 2.24) is 9.80 Å². The molecule has 2 rings (SSSR count). The summed E-state index contributed by atoms with van der Waals surface area (Å²) in [7, 11) is 0. The van der Waals surface area contributed by atoms with Gasteiger partial charge < -0.3 is 19.9 Å². The Morgan fingerprint density at radius 1 is 0.757 bits per heavy atom. The number of anilines is 2. The molecule has 0 atom stereocenters. The number of benzene rings is 2. The Labute approximate surface area is 234 Å². The van der Waals surface area contributed by atoms with Crippen molar-refractivity contribution >= 4 is 40.5 Å². The van der Waals surface area contributed by atoms with E-state index in [1.165, 1.54) is 0 Å². The molecule has 0 radical (unpaired) electrons. The van der Waals surface area contributed by atoms with E-state index < -0.39 is 0 Å². The van der Waals surface area contributed by atoms with Gasteiger partial charge in [0.05, 0.1) is 27.3 Å². The van der Waals surface area contributed by atoms with Gasteiger partial charge in [0.1, 0.15) is 0 Å². The van der Waals surface area contributed by atoms with Gasteiger partial charge in [-0.3, -0.25) is 4.79 Å². The summed E-state index contributed by atoms with van der Waals surface area (Å²) in [6.07, 6.45) is 6.02. The number of hydrogen-bond acceptors (Lipinski definition) is 5. The van der Waals surface area contributed by atoms with Crippen LogP contribution in [-0.2, 0) is 4.79 Å². The van der Waals surface area contributed by atoms with E-state index in [1.807, 2.05) is 24.3 Å². The second kappa shape index (κ2) is 17.7. The van der Waals surface area contributed by atoms with Crippen LogP contribution in [-0.4, -0.2) is 55.0 Å². The molecule has 206 valence electrons. The zero-order valence-electron chi connectivity index (χ0n) is 23.1. The van der Waals surface area contributed by atoms with Crippen LogP contribution < -0.4 is 10.1 Å². The minimum atomic E-state index is -0.180. The van der Waals surface area contributed by atoms with Crippen LogP contribution in [0.25, 0.3) is 0 Å². The van der Waals surface area contributed by atoms with E-state index in [0.717, 1.165) is 77.8 Å². The molecule has 0 heterocycles. The Balaban J connectivity index is 2.19. The molecule has 0 amide bonds. The zero-order valence-corrected chi connectivity index (χ0v) is 24.6. The van der Waals surface area contributed by atoms with Crippen molar-refractivity contribution in [2.24, 2.45) is 5.92 Å². The number of carbonyl (C=O) groups is 1. The molecule has 0 bridgehead atoms. The summed E-state index contributed by atoms with van der Waals surface area (Å²) in [4.78, 5) is 18.5. The zero-order chi connectivity index (χ0) is 27.0. The summed E-state index contributed by atoms with van der Waals surface area (Å²) in [5, 5.41) is 4.27. The van der Waals surface area contributed by atoms with Crippen molar-refractivity contribution < 1.29 is 9.53 Å². The van der Waals surface area contributed by atoms with Crippen molar-refractivity contribution in [2.45, 2.75) is 66.2 Å². The van der Waals surface area contributed by atoms with Crippen LogP contribution in [0, 0.1) is 5.92 Å². The molecule has 0 unspecified atom stereocenters. The molecular weight excluding hydrogens is 505 g/mol. The summed E-state index contributed by atoms with van der Waals surface area (Å²) < 4.78 is 6.04. The summed E-state index contributed by atoms with van der Waals surface area (Å²) in [6.45, 7) is 14.8. The average Bonchev–Trinajstić information content (AvgIpc) is 2.87. The minimum absolute atomic E-state index is 0.176. The second-order valence-electron chi connectivity index (χ2n) is 9.60. The molecule has 0 aliphatic rings. The topological polar surface area (TPSA) is 44.8 Å². The number of ether oxygens (including phenoxy) is 1. The number of nitrogens with zero attached hydrogens (tertiary/aromatic N) is 2. The van der Waals surface area contributed by atoms with Crippen molar-refractivity contribution in [3.63, 3.8) is 0 Å². The third-order valence-corrected chi connectivity index (χ3v) is 7.03.